The number of Topliss-reactive ketones (excluding diaryl/α,β-unsaturated/α-hetero) is 1. The molecule has 1 aromatic carbocycles. The van der Waals surface area contributed by atoms with E-state index in [1.807, 2.05) is 0 Å². The van der Waals surface area contributed by atoms with Crippen molar-refractivity contribution in [3.8, 4) is 0 Å². The van der Waals surface area contributed by atoms with Crippen LogP contribution in [-0.2, 0) is 0 Å². The van der Waals surface area contributed by atoms with Gasteiger partial charge in [-0.05, 0) is 36.4 Å². The summed E-state index contributed by atoms with van der Waals surface area (Å²) < 4.78 is 12.8. The van der Waals surface area contributed by atoms with E-state index in [1.54, 1.807) is 0 Å². The fourth-order valence-electron chi connectivity index (χ4n) is 1.52. The number of hydrogen-bond acceptors (Lipinski definition) is 4. The van der Waals surface area contributed by atoms with Crippen molar-refractivity contribution in [1.29, 1.82) is 0 Å². The Morgan fingerprint density at radius 3 is 2.47 bits per heavy atom. The smallest absolute Gasteiger partial charge is 0.215 e. The van der Waals surface area contributed by atoms with E-state index in [0.717, 1.165) is 12.1 Å². The molecule has 0 aliphatic heterocycles. The third kappa shape index (κ3) is 2.95. The topological polar surface area (TPSA) is 62.5 Å². The largest absolute Gasteiger partial charge is 0.410 e. The van der Waals surface area contributed by atoms with Crippen LogP contribution < -0.4 is 0 Å². The van der Waals surface area contributed by atoms with Crippen LogP contribution in [0.1, 0.15) is 15.9 Å². The van der Waals surface area contributed by atoms with Crippen molar-refractivity contribution < 1.29 is 14.4 Å². The maximum Gasteiger partial charge on any atom is 0.215 e. The molecule has 0 radical (unpaired) electrons. The highest BCUT2D eigenvalue weighted by atomic mass is 35.5. The van der Waals surface area contributed by atoms with Crippen molar-refractivity contribution in [2.24, 2.45) is 5.16 Å². The summed E-state index contributed by atoms with van der Waals surface area (Å²) in [5, 5.41) is 12.1. The minimum absolute atomic E-state index is 0.172. The number of hydrogen-bond donors (Lipinski definition) is 1. The predicted octanol–water partition coefficient (Wildman–Crippen LogP) is 2.94. The van der Waals surface area contributed by atoms with Crippen molar-refractivity contribution in [3.63, 3.8) is 0 Å². The van der Waals surface area contributed by atoms with Gasteiger partial charge in [0.1, 0.15) is 11.0 Å². The average molecular weight is 279 g/mol. The Hall–Kier alpha value is -2.27. The molecule has 0 aliphatic carbocycles. The van der Waals surface area contributed by atoms with Crippen LogP contribution in [0.2, 0.25) is 5.15 Å². The highest BCUT2D eigenvalue weighted by molar-refractivity contribution is 6.51. The Labute approximate surface area is 113 Å². The molecule has 0 unspecified atom stereocenters. The molecule has 1 heterocycles. The molecular formula is C13H8ClFN2O2. The van der Waals surface area contributed by atoms with E-state index < -0.39 is 11.6 Å². The maximum absolute atomic E-state index is 12.8. The number of ketones is 1. The van der Waals surface area contributed by atoms with Gasteiger partial charge in [-0.25, -0.2) is 9.37 Å². The minimum Gasteiger partial charge on any atom is -0.410 e. The van der Waals surface area contributed by atoms with E-state index in [2.05, 4.69) is 10.1 Å². The Kier molecular flexibility index (Phi) is 3.87. The number of benzene rings is 1. The molecular weight excluding hydrogens is 271 g/mol. The van der Waals surface area contributed by atoms with Crippen molar-refractivity contribution >= 4 is 23.1 Å². The minimum atomic E-state index is -0.537. The van der Waals surface area contributed by atoms with Crippen LogP contribution in [-0.4, -0.2) is 21.7 Å². The maximum atomic E-state index is 12.8. The van der Waals surface area contributed by atoms with Crippen molar-refractivity contribution in [2.75, 3.05) is 0 Å². The van der Waals surface area contributed by atoms with Gasteiger partial charge in [-0.15, -0.1) is 0 Å². The van der Waals surface area contributed by atoms with Crippen LogP contribution in [0.25, 0.3) is 0 Å². The van der Waals surface area contributed by atoms with Gasteiger partial charge < -0.3 is 5.21 Å². The lowest BCUT2D eigenvalue weighted by molar-refractivity contribution is 0.106. The Morgan fingerprint density at radius 1 is 1.21 bits per heavy atom. The highest BCUT2D eigenvalue weighted by Gasteiger charge is 2.17. The van der Waals surface area contributed by atoms with E-state index in [0.29, 0.717) is 5.56 Å². The molecule has 2 aromatic rings. The van der Waals surface area contributed by atoms with E-state index in [-0.39, 0.29) is 16.4 Å². The Bertz CT molecular complexity index is 641. The van der Waals surface area contributed by atoms with Crippen LogP contribution in [0.5, 0.6) is 0 Å². The SMILES string of the molecule is O=C(/C(=N\O)c1ccnc(Cl)c1)c1ccc(F)cc1. The first kappa shape index (κ1) is 13.2. The van der Waals surface area contributed by atoms with Gasteiger partial charge in [0, 0.05) is 17.3 Å². The van der Waals surface area contributed by atoms with E-state index in [1.165, 1.54) is 30.5 Å². The van der Waals surface area contributed by atoms with Crippen LogP contribution in [0.15, 0.2) is 47.8 Å². The van der Waals surface area contributed by atoms with E-state index in [4.69, 9.17) is 16.8 Å². The number of halogens is 2. The van der Waals surface area contributed by atoms with E-state index in [9.17, 15) is 9.18 Å². The van der Waals surface area contributed by atoms with Crippen LogP contribution in [0.4, 0.5) is 4.39 Å². The van der Waals surface area contributed by atoms with Gasteiger partial charge in [0.15, 0.2) is 5.71 Å². The van der Waals surface area contributed by atoms with Gasteiger partial charge in [-0.3, -0.25) is 4.79 Å². The summed E-state index contributed by atoms with van der Waals surface area (Å²) in [5.74, 6) is -0.990. The first-order chi connectivity index (χ1) is 9.11. The second-order valence-corrected chi connectivity index (χ2v) is 4.04. The van der Waals surface area contributed by atoms with Crippen LogP contribution in [0.3, 0.4) is 0 Å². The summed E-state index contributed by atoms with van der Waals surface area (Å²) in [6.07, 6.45) is 1.39. The molecule has 0 saturated heterocycles. The lowest BCUT2D eigenvalue weighted by atomic mass is 10.0. The van der Waals surface area contributed by atoms with Crippen molar-refractivity contribution in [1.82, 2.24) is 4.98 Å². The summed E-state index contributed by atoms with van der Waals surface area (Å²) >= 11 is 5.71. The number of carbonyl (C=O) groups is 1. The third-order valence-electron chi connectivity index (χ3n) is 2.42. The zero-order valence-corrected chi connectivity index (χ0v) is 10.3. The standard InChI is InChI=1S/C13H8ClFN2O2/c14-11-7-9(5-6-16-11)12(17-19)13(18)8-1-3-10(15)4-2-8/h1-7,19H/b17-12-. The monoisotopic (exact) mass is 278 g/mol. The summed E-state index contributed by atoms with van der Waals surface area (Å²) in [4.78, 5) is 15.9. The molecule has 1 N–H and O–H groups in total. The van der Waals surface area contributed by atoms with Crippen LogP contribution in [0, 0.1) is 5.82 Å². The number of rotatable bonds is 3. The molecule has 1 aromatic heterocycles. The summed E-state index contributed by atoms with van der Waals surface area (Å²) in [7, 11) is 0. The van der Waals surface area contributed by atoms with Gasteiger partial charge in [-0.2, -0.15) is 0 Å². The second kappa shape index (κ2) is 5.58. The number of aromatic nitrogens is 1. The Balaban J connectivity index is 2.38. The quantitative estimate of drug-likeness (QED) is 0.309. The molecule has 0 fully saturated rings. The van der Waals surface area contributed by atoms with Gasteiger partial charge in [-0.1, -0.05) is 16.8 Å². The van der Waals surface area contributed by atoms with Gasteiger partial charge >= 0.3 is 0 Å². The highest BCUT2D eigenvalue weighted by Crippen LogP contribution is 2.12. The average Bonchev–Trinajstić information content (AvgIpc) is 2.40. The molecule has 0 aliphatic rings. The molecule has 2 rings (SSSR count). The molecule has 96 valence electrons. The first-order valence-corrected chi connectivity index (χ1v) is 5.64. The molecule has 4 nitrogen and oxygen atoms in total. The van der Waals surface area contributed by atoms with Gasteiger partial charge in [0.05, 0.1) is 0 Å². The number of carbonyl (C=O) groups excluding carboxylic acids is 1. The third-order valence-corrected chi connectivity index (χ3v) is 2.63. The number of nitrogens with zero attached hydrogens (tertiary/aromatic N) is 2. The lowest BCUT2D eigenvalue weighted by Gasteiger charge is -2.04. The second-order valence-electron chi connectivity index (χ2n) is 3.65. The van der Waals surface area contributed by atoms with Crippen molar-refractivity contribution in [3.05, 3.63) is 64.7 Å². The van der Waals surface area contributed by atoms with E-state index >= 15 is 0 Å². The Morgan fingerprint density at radius 2 is 1.89 bits per heavy atom. The number of pyridine rings is 1. The predicted molar refractivity (Wildman–Crippen MR) is 68.3 cm³/mol. The first-order valence-electron chi connectivity index (χ1n) is 5.26. The molecule has 0 spiro atoms. The molecule has 0 bridgehead atoms. The molecule has 0 atom stereocenters. The van der Waals surface area contributed by atoms with Gasteiger partial charge in [0.25, 0.3) is 0 Å². The van der Waals surface area contributed by atoms with Crippen LogP contribution >= 0.6 is 11.6 Å². The fraction of sp³-hybridized carbons (Fsp3) is 0. The number of oxime groups is 1. The summed E-state index contributed by atoms with van der Waals surface area (Å²) in [6, 6.07) is 7.82. The summed E-state index contributed by atoms with van der Waals surface area (Å²) in [6.45, 7) is 0. The van der Waals surface area contributed by atoms with Gasteiger partial charge in [0.2, 0.25) is 5.78 Å². The molecule has 6 heteroatoms. The molecule has 0 saturated carbocycles. The fourth-order valence-corrected chi connectivity index (χ4v) is 1.70. The van der Waals surface area contributed by atoms with Crippen molar-refractivity contribution in [2.45, 2.75) is 0 Å². The normalized spacial score (nSPS) is 11.4. The molecule has 19 heavy (non-hydrogen) atoms. The summed E-state index contributed by atoms with van der Waals surface area (Å²) in [5.41, 5.74) is 0.356. The lowest BCUT2D eigenvalue weighted by Crippen LogP contribution is -2.16. The zero-order chi connectivity index (χ0) is 13.8. The zero-order valence-electron chi connectivity index (χ0n) is 9.55. The molecule has 0 amide bonds.